The van der Waals surface area contributed by atoms with E-state index in [1.807, 2.05) is 30.4 Å². The number of halogens is 1. The summed E-state index contributed by atoms with van der Waals surface area (Å²) in [6, 6.07) is 15.1. The first-order valence-corrected chi connectivity index (χ1v) is 11.8. The number of likely N-dealkylation sites (N-methyl/N-ethyl adjacent to an activating group) is 1. The van der Waals surface area contributed by atoms with Gasteiger partial charge in [-0.1, -0.05) is 40.8 Å². The van der Waals surface area contributed by atoms with Crippen molar-refractivity contribution in [3.05, 3.63) is 65.5 Å². The molecule has 1 fully saturated rings. The molecule has 5 nitrogen and oxygen atoms in total. The Hall–Kier alpha value is -1.93. The van der Waals surface area contributed by atoms with Crippen LogP contribution in [0.3, 0.4) is 0 Å². The van der Waals surface area contributed by atoms with Gasteiger partial charge in [0.2, 0.25) is 0 Å². The summed E-state index contributed by atoms with van der Waals surface area (Å²) < 4.78 is 2.51. The van der Waals surface area contributed by atoms with E-state index in [1.165, 1.54) is 5.56 Å². The van der Waals surface area contributed by atoms with E-state index in [1.54, 1.807) is 0 Å². The average molecular weight is 516 g/mol. The van der Waals surface area contributed by atoms with Crippen molar-refractivity contribution in [3.8, 4) is 0 Å². The van der Waals surface area contributed by atoms with Crippen LogP contribution in [0.5, 0.6) is 0 Å². The summed E-state index contributed by atoms with van der Waals surface area (Å²) in [5, 5.41) is 0. The zero-order valence-corrected chi connectivity index (χ0v) is 20.2. The Labute approximate surface area is 192 Å². The van der Waals surface area contributed by atoms with Gasteiger partial charge in [0.15, 0.2) is 0 Å². The molecule has 1 aliphatic rings. The van der Waals surface area contributed by atoms with Crippen molar-refractivity contribution in [2.45, 2.75) is 49.9 Å². The van der Waals surface area contributed by atoms with E-state index in [4.69, 9.17) is 0 Å². The second kappa shape index (κ2) is 8.67. The molecule has 2 atom stereocenters. The summed E-state index contributed by atoms with van der Waals surface area (Å²) in [5.41, 5.74) is 5.28. The largest absolute Gasteiger partial charge is 0.336 e. The highest BCUT2D eigenvalue weighted by molar-refractivity contribution is 14.1. The van der Waals surface area contributed by atoms with Crippen molar-refractivity contribution >= 4 is 39.5 Å². The number of rotatable bonds is 5. The molecular formula is C24H29IN4O. The number of hydrogen-bond acceptors (Lipinski definition) is 3. The van der Waals surface area contributed by atoms with Gasteiger partial charge in [-0.15, -0.1) is 0 Å². The molecule has 1 aromatic heterocycles. The number of likely N-dealkylation sites (tertiary alicyclic amines) is 1. The monoisotopic (exact) mass is 516 g/mol. The van der Waals surface area contributed by atoms with Crippen molar-refractivity contribution in [1.29, 1.82) is 0 Å². The predicted octanol–water partition coefficient (Wildman–Crippen LogP) is 4.71. The number of alkyl halides is 1. The Kier molecular flexibility index (Phi) is 6.16. The van der Waals surface area contributed by atoms with Crippen molar-refractivity contribution in [2.75, 3.05) is 13.6 Å². The molecular weight excluding hydrogens is 487 g/mol. The maximum atomic E-state index is 13.1. The normalized spacial score (nSPS) is 19.7. The van der Waals surface area contributed by atoms with Gasteiger partial charge in [0.1, 0.15) is 0 Å². The van der Waals surface area contributed by atoms with Crippen molar-refractivity contribution in [3.63, 3.8) is 0 Å². The summed E-state index contributed by atoms with van der Waals surface area (Å²) in [5.74, 6) is 0.0996. The van der Waals surface area contributed by atoms with E-state index in [0.717, 1.165) is 41.7 Å². The van der Waals surface area contributed by atoms with Crippen molar-refractivity contribution in [1.82, 2.24) is 19.4 Å². The van der Waals surface area contributed by atoms with Crippen LogP contribution in [0.1, 0.15) is 41.8 Å². The second-order valence-electron chi connectivity index (χ2n) is 8.54. The minimum atomic E-state index is 0.0996. The van der Waals surface area contributed by atoms with E-state index >= 15 is 0 Å². The number of nitrogens with zero attached hydrogens (tertiary/aromatic N) is 4. The van der Waals surface area contributed by atoms with Crippen LogP contribution in [0.25, 0.3) is 11.0 Å². The number of aromatic nitrogens is 2. The lowest BCUT2D eigenvalue weighted by Gasteiger charge is -2.31. The van der Waals surface area contributed by atoms with E-state index in [-0.39, 0.29) is 11.9 Å². The molecule has 1 saturated heterocycles. The fourth-order valence-corrected chi connectivity index (χ4v) is 6.04. The number of carbonyl (C=O) groups is 1. The third-order valence-corrected chi connectivity index (χ3v) is 7.67. The lowest BCUT2D eigenvalue weighted by atomic mass is 10.1. The number of imidazole rings is 1. The molecule has 2 heterocycles. The fourth-order valence-electron chi connectivity index (χ4n) is 4.28. The molecule has 0 radical (unpaired) electrons. The molecule has 0 N–H and O–H groups in total. The highest BCUT2D eigenvalue weighted by atomic mass is 127. The minimum absolute atomic E-state index is 0.0996. The Morgan fingerprint density at radius 1 is 1.23 bits per heavy atom. The van der Waals surface area contributed by atoms with Gasteiger partial charge in [0.05, 0.1) is 27.5 Å². The first kappa shape index (κ1) is 21.3. The van der Waals surface area contributed by atoms with Gasteiger partial charge in [-0.2, -0.15) is 0 Å². The zero-order valence-electron chi connectivity index (χ0n) is 18.0. The van der Waals surface area contributed by atoms with Crippen LogP contribution < -0.4 is 0 Å². The summed E-state index contributed by atoms with van der Waals surface area (Å²) in [7, 11) is 1.94. The predicted molar refractivity (Wildman–Crippen MR) is 130 cm³/mol. The molecule has 2 unspecified atom stereocenters. The molecule has 2 aromatic carbocycles. The Morgan fingerprint density at radius 2 is 1.97 bits per heavy atom. The summed E-state index contributed by atoms with van der Waals surface area (Å²) in [6.45, 7) is 8.33. The number of fused-ring (bicyclic) bond motifs is 1. The average Bonchev–Trinajstić information content (AvgIpc) is 3.31. The molecule has 30 heavy (non-hydrogen) atoms. The first-order chi connectivity index (χ1) is 14.3. The van der Waals surface area contributed by atoms with E-state index in [2.05, 4.69) is 88.1 Å². The molecule has 3 aromatic rings. The van der Waals surface area contributed by atoms with Crippen LogP contribution in [-0.4, -0.2) is 55.0 Å². The molecule has 0 saturated carbocycles. The van der Waals surface area contributed by atoms with Crippen molar-refractivity contribution in [2.24, 2.45) is 0 Å². The van der Waals surface area contributed by atoms with Crippen LogP contribution in [0.4, 0.5) is 0 Å². The van der Waals surface area contributed by atoms with Gasteiger partial charge >= 0.3 is 0 Å². The second-order valence-corrected chi connectivity index (χ2v) is 9.81. The molecule has 0 aliphatic carbocycles. The molecule has 1 amide bonds. The highest BCUT2D eigenvalue weighted by Gasteiger charge is 2.37. The molecule has 6 heteroatoms. The Bertz CT molecular complexity index is 1040. The number of carbonyl (C=O) groups excluding carboxylic acids is 1. The van der Waals surface area contributed by atoms with E-state index < -0.39 is 0 Å². The van der Waals surface area contributed by atoms with Crippen LogP contribution in [0.2, 0.25) is 0 Å². The van der Waals surface area contributed by atoms with Gasteiger partial charge in [0.25, 0.3) is 5.91 Å². The standard InChI is InChI=1S/C24H29IN4O/c1-16(2)29-12-11-21(23(29)25)27(4)24(30)19-8-6-18(7-9-19)14-28-15-26-20-10-5-17(3)13-22(20)28/h5-10,13,15-16,21,23H,11-12,14H2,1-4H3. The van der Waals surface area contributed by atoms with Gasteiger partial charge in [-0.3, -0.25) is 9.69 Å². The molecule has 0 spiro atoms. The molecule has 158 valence electrons. The Morgan fingerprint density at radius 3 is 2.63 bits per heavy atom. The first-order valence-electron chi connectivity index (χ1n) is 10.5. The van der Waals surface area contributed by atoms with E-state index in [9.17, 15) is 4.79 Å². The summed E-state index contributed by atoms with van der Waals surface area (Å²) in [6.07, 6.45) is 2.91. The fraction of sp³-hybridized carbons (Fsp3) is 0.417. The molecule has 0 bridgehead atoms. The number of aryl methyl sites for hydroxylation is 1. The molecule has 4 rings (SSSR count). The zero-order chi connectivity index (χ0) is 21.4. The minimum Gasteiger partial charge on any atom is -0.336 e. The van der Waals surface area contributed by atoms with Crippen LogP contribution >= 0.6 is 22.6 Å². The van der Waals surface area contributed by atoms with Gasteiger partial charge in [-0.25, -0.2) is 4.98 Å². The third kappa shape index (κ3) is 4.12. The van der Waals surface area contributed by atoms with Crippen LogP contribution in [0, 0.1) is 6.92 Å². The number of benzene rings is 2. The number of amides is 1. The van der Waals surface area contributed by atoms with Crippen molar-refractivity contribution < 1.29 is 4.79 Å². The third-order valence-electron chi connectivity index (χ3n) is 6.13. The maximum Gasteiger partial charge on any atom is 0.253 e. The smallest absolute Gasteiger partial charge is 0.253 e. The quantitative estimate of drug-likeness (QED) is 0.280. The maximum absolute atomic E-state index is 13.1. The summed E-state index contributed by atoms with van der Waals surface area (Å²) >= 11 is 2.49. The Balaban J connectivity index is 1.46. The van der Waals surface area contributed by atoms with Gasteiger partial charge < -0.3 is 9.47 Å². The van der Waals surface area contributed by atoms with Crippen LogP contribution in [-0.2, 0) is 6.54 Å². The topological polar surface area (TPSA) is 41.4 Å². The lowest BCUT2D eigenvalue weighted by molar-refractivity contribution is 0.0726. The van der Waals surface area contributed by atoms with Gasteiger partial charge in [-0.05, 0) is 62.6 Å². The van der Waals surface area contributed by atoms with Crippen LogP contribution in [0.15, 0.2) is 48.8 Å². The SMILES string of the molecule is Cc1ccc2ncn(Cc3ccc(C(=O)N(C)C4CCN(C(C)C)C4I)cc3)c2c1. The summed E-state index contributed by atoms with van der Waals surface area (Å²) in [4.78, 5) is 22.0. The lowest BCUT2D eigenvalue weighted by Crippen LogP contribution is -2.44. The molecule has 1 aliphatic heterocycles. The highest BCUT2D eigenvalue weighted by Crippen LogP contribution is 2.29. The van der Waals surface area contributed by atoms with E-state index in [0.29, 0.717) is 10.1 Å². The number of hydrogen-bond donors (Lipinski definition) is 0. The van der Waals surface area contributed by atoms with Gasteiger partial charge in [0, 0.05) is 31.7 Å².